The molecule has 0 saturated carbocycles. The predicted octanol–water partition coefficient (Wildman–Crippen LogP) is 6.13. The lowest BCUT2D eigenvalue weighted by atomic mass is 10.0. The van der Waals surface area contributed by atoms with E-state index in [1.54, 1.807) is 17.4 Å². The Morgan fingerprint density at radius 3 is 2.68 bits per heavy atom. The molecule has 0 aliphatic heterocycles. The lowest BCUT2D eigenvalue weighted by Crippen LogP contribution is -1.95. The van der Waals surface area contributed by atoms with Crippen molar-refractivity contribution in [2.45, 2.75) is 5.38 Å². The van der Waals surface area contributed by atoms with Crippen molar-refractivity contribution in [3.05, 3.63) is 69.3 Å². The first-order chi connectivity index (χ1) is 9.18. The van der Waals surface area contributed by atoms with E-state index in [4.69, 9.17) is 11.6 Å². The lowest BCUT2D eigenvalue weighted by molar-refractivity contribution is 0.618. The third-order valence-corrected chi connectivity index (χ3v) is 5.33. The fourth-order valence-electron chi connectivity index (χ4n) is 2.08. The molecule has 0 radical (unpaired) electrons. The molecular weight excluding hydrogens is 347 g/mol. The van der Waals surface area contributed by atoms with Crippen LogP contribution in [0.4, 0.5) is 4.39 Å². The molecule has 19 heavy (non-hydrogen) atoms. The Morgan fingerprint density at radius 1 is 1.05 bits per heavy atom. The van der Waals surface area contributed by atoms with Gasteiger partial charge in [-0.15, -0.1) is 22.9 Å². The molecule has 0 nitrogen and oxygen atoms in total. The van der Waals surface area contributed by atoms with Crippen LogP contribution in [0.1, 0.15) is 16.5 Å². The smallest absolute Gasteiger partial charge is 0.137 e. The maximum absolute atomic E-state index is 13.6. The summed E-state index contributed by atoms with van der Waals surface area (Å²) in [6, 6.07) is 13.0. The van der Waals surface area contributed by atoms with E-state index < -0.39 is 0 Å². The number of thiophene rings is 1. The third kappa shape index (κ3) is 2.31. The maximum atomic E-state index is 13.6. The Bertz CT molecular complexity index is 738. The van der Waals surface area contributed by atoms with Gasteiger partial charge in [0.1, 0.15) is 5.82 Å². The summed E-state index contributed by atoms with van der Waals surface area (Å²) in [5.41, 5.74) is 1.78. The van der Waals surface area contributed by atoms with Crippen molar-refractivity contribution in [2.75, 3.05) is 0 Å². The van der Waals surface area contributed by atoms with Gasteiger partial charge < -0.3 is 0 Å². The van der Waals surface area contributed by atoms with Gasteiger partial charge in [0.25, 0.3) is 0 Å². The number of alkyl halides is 1. The van der Waals surface area contributed by atoms with Gasteiger partial charge in [-0.2, -0.15) is 0 Å². The quantitative estimate of drug-likeness (QED) is 0.485. The van der Waals surface area contributed by atoms with Crippen LogP contribution < -0.4 is 0 Å². The highest BCUT2D eigenvalue weighted by Gasteiger charge is 2.19. The van der Waals surface area contributed by atoms with Crippen LogP contribution in [0.3, 0.4) is 0 Å². The Labute approximate surface area is 128 Å². The molecule has 0 amide bonds. The van der Waals surface area contributed by atoms with E-state index >= 15 is 0 Å². The van der Waals surface area contributed by atoms with Gasteiger partial charge in [0.2, 0.25) is 0 Å². The summed E-state index contributed by atoms with van der Waals surface area (Å²) >= 11 is 11.5. The highest BCUT2D eigenvalue weighted by molar-refractivity contribution is 9.10. The molecule has 1 heterocycles. The van der Waals surface area contributed by atoms with Crippen molar-refractivity contribution in [3.8, 4) is 0 Å². The van der Waals surface area contributed by atoms with Crippen molar-refractivity contribution >= 4 is 49.0 Å². The van der Waals surface area contributed by atoms with Gasteiger partial charge in [0, 0.05) is 4.70 Å². The molecule has 2 aromatic carbocycles. The summed E-state index contributed by atoms with van der Waals surface area (Å²) in [6.45, 7) is 0. The van der Waals surface area contributed by atoms with Gasteiger partial charge in [-0.1, -0.05) is 30.3 Å². The molecule has 4 heteroatoms. The zero-order valence-electron chi connectivity index (χ0n) is 9.74. The average molecular weight is 356 g/mol. The second kappa shape index (κ2) is 5.23. The van der Waals surface area contributed by atoms with Crippen molar-refractivity contribution in [1.29, 1.82) is 0 Å². The van der Waals surface area contributed by atoms with Gasteiger partial charge >= 0.3 is 0 Å². The van der Waals surface area contributed by atoms with Crippen LogP contribution in [-0.4, -0.2) is 0 Å². The molecule has 1 atom stereocenters. The van der Waals surface area contributed by atoms with Gasteiger partial charge in [0.05, 0.1) is 9.85 Å². The van der Waals surface area contributed by atoms with Crippen molar-refractivity contribution in [3.63, 3.8) is 0 Å². The van der Waals surface area contributed by atoms with Gasteiger partial charge in [0.15, 0.2) is 0 Å². The first-order valence-electron chi connectivity index (χ1n) is 5.72. The third-order valence-electron chi connectivity index (χ3n) is 3.04. The van der Waals surface area contributed by atoms with Crippen LogP contribution in [-0.2, 0) is 0 Å². The summed E-state index contributed by atoms with van der Waals surface area (Å²) in [5, 5.41) is 2.81. The van der Waals surface area contributed by atoms with Crippen LogP contribution in [0.25, 0.3) is 10.1 Å². The van der Waals surface area contributed by atoms with Crippen molar-refractivity contribution < 1.29 is 4.39 Å². The van der Waals surface area contributed by atoms with Gasteiger partial charge in [-0.05, 0) is 50.0 Å². The van der Waals surface area contributed by atoms with E-state index in [2.05, 4.69) is 22.0 Å². The molecule has 3 rings (SSSR count). The van der Waals surface area contributed by atoms with E-state index in [1.807, 2.05) is 29.6 Å². The highest BCUT2D eigenvalue weighted by atomic mass is 79.9. The molecule has 1 unspecified atom stereocenters. The van der Waals surface area contributed by atoms with Crippen LogP contribution in [0.5, 0.6) is 0 Å². The second-order valence-electron chi connectivity index (χ2n) is 4.19. The summed E-state index contributed by atoms with van der Waals surface area (Å²) in [6.07, 6.45) is 0. The Balaban J connectivity index is 2.13. The molecule has 0 fully saturated rings. The fourth-order valence-corrected chi connectivity index (χ4v) is 4.13. The minimum Gasteiger partial charge on any atom is -0.206 e. The van der Waals surface area contributed by atoms with Crippen LogP contribution in [0.2, 0.25) is 0 Å². The van der Waals surface area contributed by atoms with E-state index in [0.717, 1.165) is 16.5 Å². The number of fused-ring (bicyclic) bond motifs is 1. The Morgan fingerprint density at radius 2 is 1.84 bits per heavy atom. The highest BCUT2D eigenvalue weighted by Crippen LogP contribution is 2.40. The number of hydrogen-bond acceptors (Lipinski definition) is 1. The molecule has 0 bridgehead atoms. The second-order valence-corrected chi connectivity index (χ2v) is 6.33. The predicted molar refractivity (Wildman–Crippen MR) is 83.6 cm³/mol. The van der Waals surface area contributed by atoms with E-state index in [0.29, 0.717) is 4.47 Å². The topological polar surface area (TPSA) is 0 Å². The van der Waals surface area contributed by atoms with E-state index in [-0.39, 0.29) is 11.2 Å². The average Bonchev–Trinajstić information content (AvgIpc) is 2.85. The SMILES string of the molecule is Fc1cccc(C(Cl)c2csc3ccccc23)c1Br. The maximum Gasteiger partial charge on any atom is 0.137 e. The molecule has 0 saturated heterocycles. The number of rotatable bonds is 2. The summed E-state index contributed by atoms with van der Waals surface area (Å²) < 4.78 is 15.2. The van der Waals surface area contributed by atoms with E-state index in [9.17, 15) is 4.39 Å². The van der Waals surface area contributed by atoms with Crippen LogP contribution in [0.15, 0.2) is 52.3 Å². The van der Waals surface area contributed by atoms with Crippen LogP contribution in [0, 0.1) is 5.82 Å². The van der Waals surface area contributed by atoms with Crippen LogP contribution >= 0.6 is 38.9 Å². The molecule has 0 aliphatic rings. The monoisotopic (exact) mass is 354 g/mol. The van der Waals surface area contributed by atoms with Gasteiger partial charge in [-0.3, -0.25) is 0 Å². The largest absolute Gasteiger partial charge is 0.206 e. The molecule has 1 aromatic heterocycles. The summed E-state index contributed by atoms with van der Waals surface area (Å²) in [7, 11) is 0. The van der Waals surface area contributed by atoms with Crippen molar-refractivity contribution in [2.24, 2.45) is 0 Å². The van der Waals surface area contributed by atoms with Crippen molar-refractivity contribution in [1.82, 2.24) is 0 Å². The zero-order valence-corrected chi connectivity index (χ0v) is 12.9. The molecule has 0 N–H and O–H groups in total. The normalized spacial score (nSPS) is 12.8. The zero-order chi connectivity index (χ0) is 13.4. The minimum atomic E-state index is -0.360. The number of benzene rings is 2. The minimum absolute atomic E-state index is 0.289. The first-order valence-corrected chi connectivity index (χ1v) is 7.83. The number of halogens is 3. The number of hydrogen-bond donors (Lipinski definition) is 0. The standard InChI is InChI=1S/C15H9BrClFS/c16-14-10(5-3-6-12(14)18)15(17)11-8-19-13-7-2-1-4-9(11)13/h1-8,15H. The molecule has 0 spiro atoms. The molecular formula is C15H9BrClFS. The molecule has 3 aromatic rings. The van der Waals surface area contributed by atoms with Gasteiger partial charge in [-0.25, -0.2) is 4.39 Å². The summed E-state index contributed by atoms with van der Waals surface area (Å²) in [5.74, 6) is -0.289. The summed E-state index contributed by atoms with van der Waals surface area (Å²) in [4.78, 5) is 0. The molecule has 0 aliphatic carbocycles. The Hall–Kier alpha value is -0.900. The van der Waals surface area contributed by atoms with E-state index in [1.165, 1.54) is 10.8 Å². The lowest BCUT2D eigenvalue weighted by Gasteiger charge is -2.12. The molecule has 96 valence electrons. The first kappa shape index (κ1) is 13.1. The Kier molecular flexibility index (Phi) is 3.61. The fraction of sp³-hybridized carbons (Fsp3) is 0.0667.